The molecule has 0 fully saturated rings. The molecule has 0 rings (SSSR count). The molecular formula is C12H28Cl2O3Si2. The maximum Gasteiger partial charge on any atom is 0.355 e. The summed E-state index contributed by atoms with van der Waals surface area (Å²) >= 11 is 11.7. The predicted octanol–water partition coefficient (Wildman–Crippen LogP) is 5.87. The standard InChI is InChI=1S/C12H28Cl2O3Si2/c1-9(2)18(15-13,10(3)4)17-19(16-14,11(5)6)12(7)8/h9-12H,1-8H3. The van der Waals surface area contributed by atoms with Crippen LogP contribution in [-0.4, -0.2) is 17.1 Å². The van der Waals surface area contributed by atoms with Crippen LogP contribution in [-0.2, 0) is 12.1 Å². The average Bonchev–Trinajstić information content (AvgIpc) is 2.29. The van der Waals surface area contributed by atoms with E-state index in [1.165, 1.54) is 0 Å². The summed E-state index contributed by atoms with van der Waals surface area (Å²) in [7, 11) is -5.18. The van der Waals surface area contributed by atoms with Gasteiger partial charge in [0.05, 0.1) is 23.7 Å². The summed E-state index contributed by atoms with van der Waals surface area (Å²) in [6, 6.07) is 0. The Hall–Kier alpha value is 0.894. The molecule has 0 atom stereocenters. The topological polar surface area (TPSA) is 27.7 Å². The van der Waals surface area contributed by atoms with Gasteiger partial charge < -0.3 is 4.12 Å². The van der Waals surface area contributed by atoms with E-state index in [0.717, 1.165) is 0 Å². The molecule has 0 bridgehead atoms. The van der Waals surface area contributed by atoms with Crippen molar-refractivity contribution in [2.75, 3.05) is 0 Å². The second-order valence-electron chi connectivity index (χ2n) is 6.32. The van der Waals surface area contributed by atoms with Crippen LogP contribution in [0.2, 0.25) is 22.2 Å². The van der Waals surface area contributed by atoms with Gasteiger partial charge in [-0.05, 0) is 22.2 Å². The van der Waals surface area contributed by atoms with E-state index >= 15 is 0 Å². The number of hydrogen-bond donors (Lipinski definition) is 0. The highest BCUT2D eigenvalue weighted by Gasteiger charge is 2.56. The first-order chi connectivity index (χ1) is 8.60. The van der Waals surface area contributed by atoms with Crippen molar-refractivity contribution in [2.45, 2.75) is 77.6 Å². The van der Waals surface area contributed by atoms with Crippen LogP contribution in [0.5, 0.6) is 0 Å². The van der Waals surface area contributed by atoms with Crippen molar-refractivity contribution in [3.8, 4) is 0 Å². The van der Waals surface area contributed by atoms with Gasteiger partial charge in [0.25, 0.3) is 0 Å². The minimum Gasteiger partial charge on any atom is -0.412 e. The quantitative estimate of drug-likeness (QED) is 0.514. The fraction of sp³-hybridized carbons (Fsp3) is 1.00. The number of halogens is 2. The Bertz CT molecular complexity index is 232. The number of hydrogen-bond acceptors (Lipinski definition) is 3. The van der Waals surface area contributed by atoms with Crippen molar-refractivity contribution in [3.63, 3.8) is 0 Å². The Morgan fingerprint density at radius 3 is 0.895 bits per heavy atom. The molecule has 0 radical (unpaired) electrons. The third kappa shape index (κ3) is 3.96. The van der Waals surface area contributed by atoms with E-state index in [1.807, 2.05) is 0 Å². The zero-order valence-electron chi connectivity index (χ0n) is 13.3. The van der Waals surface area contributed by atoms with E-state index in [0.29, 0.717) is 0 Å². The Kier molecular flexibility index (Phi) is 8.14. The molecule has 0 N–H and O–H groups in total. The lowest BCUT2D eigenvalue weighted by Crippen LogP contribution is -2.59. The average molecular weight is 347 g/mol. The molecule has 0 aromatic heterocycles. The molecular weight excluding hydrogens is 319 g/mol. The molecule has 0 unspecified atom stereocenters. The maximum absolute atomic E-state index is 6.54. The van der Waals surface area contributed by atoms with Crippen LogP contribution in [0.3, 0.4) is 0 Å². The molecule has 7 heteroatoms. The molecule has 19 heavy (non-hydrogen) atoms. The summed E-state index contributed by atoms with van der Waals surface area (Å²) in [5, 5.41) is 0. The summed E-state index contributed by atoms with van der Waals surface area (Å²) in [6.07, 6.45) is 0. The van der Waals surface area contributed by atoms with Crippen molar-refractivity contribution >= 4 is 40.9 Å². The first kappa shape index (κ1) is 19.9. The molecule has 0 aliphatic rings. The molecule has 0 saturated carbocycles. The summed E-state index contributed by atoms with van der Waals surface area (Å²) < 4.78 is 17.3. The molecule has 0 spiro atoms. The Morgan fingerprint density at radius 2 is 0.789 bits per heavy atom. The molecule has 0 heterocycles. The third-order valence-electron chi connectivity index (χ3n) is 3.78. The largest absolute Gasteiger partial charge is 0.412 e. The molecule has 116 valence electrons. The van der Waals surface area contributed by atoms with E-state index in [-0.39, 0.29) is 22.2 Å². The van der Waals surface area contributed by atoms with Gasteiger partial charge in [0.2, 0.25) is 0 Å². The van der Waals surface area contributed by atoms with Crippen molar-refractivity contribution in [1.29, 1.82) is 0 Å². The minimum absolute atomic E-state index is 0.223. The normalized spacial score (nSPS) is 14.2. The lowest BCUT2D eigenvalue weighted by Gasteiger charge is -2.44. The summed E-state index contributed by atoms with van der Waals surface area (Å²) in [6.45, 7) is 16.7. The van der Waals surface area contributed by atoms with Crippen LogP contribution >= 0.6 is 23.7 Å². The van der Waals surface area contributed by atoms with Gasteiger partial charge in [-0.3, -0.25) is 7.96 Å². The van der Waals surface area contributed by atoms with Gasteiger partial charge in [0, 0.05) is 0 Å². The van der Waals surface area contributed by atoms with Crippen molar-refractivity contribution < 1.29 is 12.1 Å². The van der Waals surface area contributed by atoms with Crippen molar-refractivity contribution in [3.05, 3.63) is 0 Å². The van der Waals surface area contributed by atoms with E-state index in [2.05, 4.69) is 55.4 Å². The second-order valence-corrected chi connectivity index (χ2v) is 15.9. The molecule has 3 nitrogen and oxygen atoms in total. The minimum atomic E-state index is -2.59. The fourth-order valence-electron chi connectivity index (χ4n) is 2.44. The Labute approximate surface area is 130 Å². The van der Waals surface area contributed by atoms with Gasteiger partial charge >= 0.3 is 17.1 Å². The Morgan fingerprint density at radius 1 is 0.579 bits per heavy atom. The second kappa shape index (κ2) is 7.78. The van der Waals surface area contributed by atoms with Crippen LogP contribution in [0.4, 0.5) is 0 Å². The smallest absolute Gasteiger partial charge is 0.355 e. The lowest BCUT2D eigenvalue weighted by molar-refractivity contribution is 0.290. The highest BCUT2D eigenvalue weighted by Crippen LogP contribution is 2.44. The van der Waals surface area contributed by atoms with E-state index in [1.54, 1.807) is 0 Å². The summed E-state index contributed by atoms with van der Waals surface area (Å²) in [5.74, 6) is 0. The zero-order chi connectivity index (χ0) is 15.4. The van der Waals surface area contributed by atoms with Crippen LogP contribution in [0.15, 0.2) is 0 Å². The highest BCUT2D eigenvalue weighted by atomic mass is 35.5. The third-order valence-corrected chi connectivity index (χ3v) is 14.7. The Balaban J connectivity index is 5.62. The molecule has 0 aromatic rings. The summed E-state index contributed by atoms with van der Waals surface area (Å²) in [5.41, 5.74) is 0.893. The SMILES string of the molecule is CC(C)[Si](OCl)(O[Si](OCl)(C(C)C)C(C)C)C(C)C. The number of rotatable bonds is 8. The molecule has 0 amide bonds. The molecule has 0 saturated heterocycles. The maximum atomic E-state index is 6.54. The van der Waals surface area contributed by atoms with Crippen molar-refractivity contribution in [1.82, 2.24) is 0 Å². The van der Waals surface area contributed by atoms with Gasteiger partial charge in [-0.15, -0.1) is 0 Å². The van der Waals surface area contributed by atoms with Crippen LogP contribution in [0.25, 0.3) is 0 Å². The van der Waals surface area contributed by atoms with Crippen LogP contribution in [0, 0.1) is 0 Å². The van der Waals surface area contributed by atoms with E-state index in [4.69, 9.17) is 35.8 Å². The van der Waals surface area contributed by atoms with Gasteiger partial charge in [-0.25, -0.2) is 0 Å². The molecule has 0 aromatic carbocycles. The van der Waals surface area contributed by atoms with Gasteiger partial charge in [0.1, 0.15) is 0 Å². The van der Waals surface area contributed by atoms with Crippen LogP contribution < -0.4 is 0 Å². The van der Waals surface area contributed by atoms with Gasteiger partial charge in [0.15, 0.2) is 0 Å². The first-order valence-corrected chi connectivity index (χ1v) is 11.5. The van der Waals surface area contributed by atoms with E-state index in [9.17, 15) is 0 Å². The molecule has 0 aliphatic heterocycles. The zero-order valence-corrected chi connectivity index (χ0v) is 16.8. The summed E-state index contributed by atoms with van der Waals surface area (Å²) in [4.78, 5) is 0. The highest BCUT2D eigenvalue weighted by molar-refractivity contribution is 6.86. The first-order valence-electron chi connectivity index (χ1n) is 6.90. The monoisotopic (exact) mass is 346 g/mol. The lowest BCUT2D eigenvalue weighted by atomic mass is 10.5. The molecule has 0 aliphatic carbocycles. The fourth-order valence-corrected chi connectivity index (χ4v) is 14.5. The van der Waals surface area contributed by atoms with Crippen molar-refractivity contribution in [2.24, 2.45) is 0 Å². The van der Waals surface area contributed by atoms with Gasteiger partial charge in [-0.1, -0.05) is 55.4 Å². The van der Waals surface area contributed by atoms with Crippen LogP contribution in [0.1, 0.15) is 55.4 Å². The predicted molar refractivity (Wildman–Crippen MR) is 86.9 cm³/mol. The van der Waals surface area contributed by atoms with Gasteiger partial charge in [-0.2, -0.15) is 0 Å². The van der Waals surface area contributed by atoms with E-state index < -0.39 is 17.1 Å².